The summed E-state index contributed by atoms with van der Waals surface area (Å²) < 4.78 is 12.7. The lowest BCUT2D eigenvalue weighted by Crippen LogP contribution is -2.34. The number of carbonyl (C=O) groups is 1. The second-order valence-electron chi connectivity index (χ2n) is 9.02. The molecule has 1 unspecified atom stereocenters. The highest BCUT2D eigenvalue weighted by atomic mass is 16.5. The molecule has 1 atom stereocenters. The fraction of sp³-hybridized carbons (Fsp3) is 0.233. The van der Waals surface area contributed by atoms with E-state index < -0.39 is 0 Å². The molecule has 2 heterocycles. The van der Waals surface area contributed by atoms with E-state index in [1.165, 1.54) is 0 Å². The van der Waals surface area contributed by atoms with E-state index >= 15 is 0 Å². The maximum atomic E-state index is 13.5. The SMILES string of the molecule is COc1ccc(-c2nn(-c3ccccc3)cc2C=CC(=O)N(C2CC2)C(C)c2ccccn2)cc1OC. The molecule has 7 nitrogen and oxygen atoms in total. The highest BCUT2D eigenvalue weighted by molar-refractivity contribution is 5.93. The van der Waals surface area contributed by atoms with Gasteiger partial charge in [0.1, 0.15) is 5.69 Å². The Kier molecular flexibility index (Phi) is 7.03. The molecular weight excluding hydrogens is 464 g/mol. The minimum atomic E-state index is -0.108. The number of hydrogen-bond donors (Lipinski definition) is 0. The fourth-order valence-electron chi connectivity index (χ4n) is 4.48. The third-order valence-electron chi connectivity index (χ3n) is 6.55. The van der Waals surface area contributed by atoms with Crippen molar-refractivity contribution in [1.29, 1.82) is 0 Å². The largest absolute Gasteiger partial charge is 0.493 e. The number of ether oxygens (including phenoxy) is 2. The first-order valence-electron chi connectivity index (χ1n) is 12.4. The molecule has 1 amide bonds. The van der Waals surface area contributed by atoms with Crippen molar-refractivity contribution in [1.82, 2.24) is 19.7 Å². The highest BCUT2D eigenvalue weighted by Gasteiger charge is 2.35. The first-order chi connectivity index (χ1) is 18.1. The summed E-state index contributed by atoms with van der Waals surface area (Å²) in [7, 11) is 3.22. The molecule has 37 heavy (non-hydrogen) atoms. The van der Waals surface area contributed by atoms with Crippen molar-refractivity contribution < 1.29 is 14.3 Å². The van der Waals surface area contributed by atoms with E-state index in [1.54, 1.807) is 26.5 Å². The molecule has 1 fully saturated rings. The smallest absolute Gasteiger partial charge is 0.247 e. The molecule has 2 aromatic carbocycles. The van der Waals surface area contributed by atoms with Crippen LogP contribution in [0.2, 0.25) is 0 Å². The third kappa shape index (κ3) is 5.26. The minimum Gasteiger partial charge on any atom is -0.493 e. The van der Waals surface area contributed by atoms with E-state index in [4.69, 9.17) is 14.6 Å². The van der Waals surface area contributed by atoms with Gasteiger partial charge < -0.3 is 14.4 Å². The van der Waals surface area contributed by atoms with Crippen LogP contribution < -0.4 is 9.47 Å². The number of amides is 1. The van der Waals surface area contributed by atoms with E-state index in [9.17, 15) is 4.79 Å². The van der Waals surface area contributed by atoms with Crippen molar-refractivity contribution in [2.45, 2.75) is 31.8 Å². The third-order valence-corrected chi connectivity index (χ3v) is 6.55. The van der Waals surface area contributed by atoms with E-state index in [2.05, 4.69) is 4.98 Å². The van der Waals surface area contributed by atoms with Crippen molar-refractivity contribution in [3.63, 3.8) is 0 Å². The van der Waals surface area contributed by atoms with Crippen LogP contribution in [-0.4, -0.2) is 45.8 Å². The first kappa shape index (κ1) is 24.3. The highest BCUT2D eigenvalue weighted by Crippen LogP contribution is 2.35. The Balaban J connectivity index is 1.50. The van der Waals surface area contributed by atoms with Gasteiger partial charge in [-0.3, -0.25) is 9.78 Å². The van der Waals surface area contributed by atoms with E-state index in [-0.39, 0.29) is 18.0 Å². The van der Waals surface area contributed by atoms with Gasteiger partial charge >= 0.3 is 0 Å². The molecule has 4 aromatic rings. The van der Waals surface area contributed by atoms with Crippen LogP contribution >= 0.6 is 0 Å². The maximum absolute atomic E-state index is 13.5. The molecule has 1 aliphatic carbocycles. The molecule has 0 saturated heterocycles. The van der Waals surface area contributed by atoms with Crippen LogP contribution in [0.25, 0.3) is 23.0 Å². The molecule has 0 radical (unpaired) electrons. The van der Waals surface area contributed by atoms with Crippen molar-refractivity contribution in [2.75, 3.05) is 14.2 Å². The fourth-order valence-corrected chi connectivity index (χ4v) is 4.48. The maximum Gasteiger partial charge on any atom is 0.247 e. The summed E-state index contributed by atoms with van der Waals surface area (Å²) in [6, 6.07) is 21.5. The van der Waals surface area contributed by atoms with E-state index in [0.29, 0.717) is 11.5 Å². The lowest BCUT2D eigenvalue weighted by Gasteiger charge is -2.28. The summed E-state index contributed by atoms with van der Waals surface area (Å²) >= 11 is 0. The zero-order valence-corrected chi connectivity index (χ0v) is 21.2. The van der Waals surface area contributed by atoms with Crippen LogP contribution in [0.4, 0.5) is 0 Å². The quantitative estimate of drug-likeness (QED) is 0.279. The Hall–Kier alpha value is -4.39. The predicted molar refractivity (Wildman–Crippen MR) is 144 cm³/mol. The van der Waals surface area contributed by atoms with Crippen LogP contribution in [0.3, 0.4) is 0 Å². The predicted octanol–water partition coefficient (Wildman–Crippen LogP) is 5.72. The van der Waals surface area contributed by atoms with E-state index in [1.807, 2.05) is 95.5 Å². The molecule has 1 aliphatic rings. The number of benzene rings is 2. The summed E-state index contributed by atoms with van der Waals surface area (Å²) in [5.74, 6) is 1.22. The van der Waals surface area contributed by atoms with Gasteiger partial charge in [0.25, 0.3) is 0 Å². The van der Waals surface area contributed by atoms with Crippen molar-refractivity contribution in [2.24, 2.45) is 0 Å². The normalized spacial score (nSPS) is 13.9. The van der Waals surface area contributed by atoms with Gasteiger partial charge in [0.15, 0.2) is 11.5 Å². The van der Waals surface area contributed by atoms with Crippen LogP contribution in [0.15, 0.2) is 85.2 Å². The van der Waals surface area contributed by atoms with Crippen LogP contribution in [0.1, 0.15) is 37.1 Å². The lowest BCUT2D eigenvalue weighted by atomic mass is 10.1. The number of hydrogen-bond acceptors (Lipinski definition) is 5. The zero-order chi connectivity index (χ0) is 25.8. The Morgan fingerprint density at radius 3 is 2.46 bits per heavy atom. The van der Waals surface area contributed by atoms with Crippen LogP contribution in [0.5, 0.6) is 11.5 Å². The number of carbonyl (C=O) groups excluding carboxylic acids is 1. The molecule has 0 bridgehead atoms. The minimum absolute atomic E-state index is 0.0358. The van der Waals surface area contributed by atoms with Crippen molar-refractivity contribution in [3.05, 3.63) is 96.5 Å². The second-order valence-corrected chi connectivity index (χ2v) is 9.02. The molecular formula is C30H30N4O3. The molecule has 5 rings (SSSR count). The Labute approximate surface area is 217 Å². The molecule has 0 spiro atoms. The summed E-state index contributed by atoms with van der Waals surface area (Å²) in [6.45, 7) is 2.04. The van der Waals surface area contributed by atoms with Gasteiger partial charge in [0.2, 0.25) is 5.91 Å². The van der Waals surface area contributed by atoms with Gasteiger partial charge in [-0.1, -0.05) is 24.3 Å². The summed E-state index contributed by atoms with van der Waals surface area (Å²) in [4.78, 5) is 19.9. The molecule has 188 valence electrons. The monoisotopic (exact) mass is 494 g/mol. The Bertz CT molecular complexity index is 1400. The van der Waals surface area contributed by atoms with Gasteiger partial charge in [-0.25, -0.2) is 4.68 Å². The van der Waals surface area contributed by atoms with Gasteiger partial charge in [0.05, 0.1) is 31.6 Å². The Morgan fingerprint density at radius 1 is 1.03 bits per heavy atom. The molecule has 1 saturated carbocycles. The van der Waals surface area contributed by atoms with Gasteiger partial charge in [0, 0.05) is 35.6 Å². The van der Waals surface area contributed by atoms with Crippen LogP contribution in [0, 0.1) is 0 Å². The number of para-hydroxylation sites is 1. The average molecular weight is 495 g/mol. The second kappa shape index (κ2) is 10.7. The number of methoxy groups -OCH3 is 2. The zero-order valence-electron chi connectivity index (χ0n) is 21.2. The number of rotatable bonds is 9. The molecule has 2 aromatic heterocycles. The lowest BCUT2D eigenvalue weighted by molar-refractivity contribution is -0.128. The summed E-state index contributed by atoms with van der Waals surface area (Å²) in [6.07, 6.45) is 9.23. The number of nitrogens with zero attached hydrogens (tertiary/aromatic N) is 4. The summed E-state index contributed by atoms with van der Waals surface area (Å²) in [5, 5.41) is 4.87. The summed E-state index contributed by atoms with van der Waals surface area (Å²) in [5.41, 5.74) is 4.24. The first-order valence-corrected chi connectivity index (χ1v) is 12.4. The molecule has 0 aliphatic heterocycles. The molecule has 7 heteroatoms. The van der Waals surface area contributed by atoms with Gasteiger partial charge in [-0.2, -0.15) is 5.10 Å². The average Bonchev–Trinajstić information content (AvgIpc) is 3.69. The van der Waals surface area contributed by atoms with Crippen LogP contribution in [-0.2, 0) is 4.79 Å². The molecule has 0 N–H and O–H groups in total. The van der Waals surface area contributed by atoms with E-state index in [0.717, 1.165) is 41.0 Å². The topological polar surface area (TPSA) is 69.5 Å². The van der Waals surface area contributed by atoms with Crippen molar-refractivity contribution in [3.8, 4) is 28.4 Å². The number of pyridine rings is 1. The standard InChI is InChI=1S/C30H30N4O3/c1-21(26-11-7-8-18-31-26)34(25-14-15-25)29(35)17-13-23-20-33(24-9-5-4-6-10-24)32-30(23)22-12-16-27(36-2)28(19-22)37-3/h4-13,16-21,25H,14-15H2,1-3H3. The number of aromatic nitrogens is 3. The Morgan fingerprint density at radius 2 is 1.78 bits per heavy atom. The van der Waals surface area contributed by atoms with Gasteiger partial charge in [-0.05, 0) is 68.3 Å². The van der Waals surface area contributed by atoms with Crippen molar-refractivity contribution >= 4 is 12.0 Å². The van der Waals surface area contributed by atoms with Gasteiger partial charge in [-0.15, -0.1) is 0 Å².